The second-order valence-corrected chi connectivity index (χ2v) is 8.23. The van der Waals surface area contributed by atoms with Gasteiger partial charge in [-0.05, 0) is 48.4 Å². The first-order chi connectivity index (χ1) is 13.9. The van der Waals surface area contributed by atoms with E-state index in [2.05, 4.69) is 5.32 Å². The Kier molecular flexibility index (Phi) is 6.29. The van der Waals surface area contributed by atoms with Crippen molar-refractivity contribution >= 4 is 27.3 Å². The molecular formula is C22H21FN2O3S. The average molecular weight is 412 g/mol. The molecule has 0 spiro atoms. The highest BCUT2D eigenvalue weighted by Gasteiger charge is 2.28. The summed E-state index contributed by atoms with van der Waals surface area (Å²) < 4.78 is 41.1. The van der Waals surface area contributed by atoms with Crippen molar-refractivity contribution in [1.82, 2.24) is 0 Å². The number of para-hydroxylation sites is 1. The molecule has 0 bridgehead atoms. The zero-order valence-electron chi connectivity index (χ0n) is 15.9. The summed E-state index contributed by atoms with van der Waals surface area (Å²) in [5.41, 5.74) is 1.50. The number of carbonyl (C=O) groups excluding carboxylic acids is 1. The first-order valence-corrected chi connectivity index (χ1v) is 10.6. The Balaban J connectivity index is 1.98. The van der Waals surface area contributed by atoms with Crippen molar-refractivity contribution in [2.24, 2.45) is 0 Å². The minimum Gasteiger partial charge on any atom is -0.324 e. The Morgan fingerprint density at radius 2 is 1.66 bits per heavy atom. The van der Waals surface area contributed by atoms with Gasteiger partial charge in [0.05, 0.1) is 10.6 Å². The Bertz CT molecular complexity index is 1100. The summed E-state index contributed by atoms with van der Waals surface area (Å²) in [6.45, 7) is 1.48. The molecule has 1 N–H and O–H groups in total. The molecule has 3 aromatic carbocycles. The van der Waals surface area contributed by atoms with Gasteiger partial charge < -0.3 is 5.32 Å². The van der Waals surface area contributed by atoms with Crippen LogP contribution in [-0.2, 0) is 21.2 Å². The smallest absolute Gasteiger partial charge is 0.264 e. The third-order valence-corrected chi connectivity index (χ3v) is 6.14. The van der Waals surface area contributed by atoms with Gasteiger partial charge in [-0.3, -0.25) is 9.10 Å². The molecule has 0 saturated carbocycles. The van der Waals surface area contributed by atoms with E-state index >= 15 is 0 Å². The number of hydrogen-bond donors (Lipinski definition) is 1. The molecule has 0 unspecified atom stereocenters. The van der Waals surface area contributed by atoms with Gasteiger partial charge in [0, 0.05) is 5.69 Å². The van der Waals surface area contributed by atoms with E-state index in [0.29, 0.717) is 12.1 Å². The second-order valence-electron chi connectivity index (χ2n) is 6.37. The predicted octanol–water partition coefficient (Wildman–Crippen LogP) is 4.22. The molecule has 3 aromatic rings. The second kappa shape index (κ2) is 8.87. The molecule has 0 aliphatic carbocycles. The average Bonchev–Trinajstić information content (AvgIpc) is 2.72. The fourth-order valence-electron chi connectivity index (χ4n) is 2.97. The van der Waals surface area contributed by atoms with E-state index < -0.39 is 28.3 Å². The number of amides is 1. The van der Waals surface area contributed by atoms with Gasteiger partial charge in [-0.15, -0.1) is 0 Å². The molecule has 0 atom stereocenters. The maximum absolute atomic E-state index is 13.4. The molecule has 7 heteroatoms. The van der Waals surface area contributed by atoms with Gasteiger partial charge in [-0.25, -0.2) is 12.8 Å². The van der Waals surface area contributed by atoms with Gasteiger partial charge in [-0.2, -0.15) is 0 Å². The maximum atomic E-state index is 13.4. The third-order valence-electron chi connectivity index (χ3n) is 4.37. The number of carbonyl (C=O) groups is 1. The van der Waals surface area contributed by atoms with Crippen LogP contribution in [0.15, 0.2) is 83.8 Å². The van der Waals surface area contributed by atoms with Crippen LogP contribution in [0, 0.1) is 5.82 Å². The van der Waals surface area contributed by atoms with Crippen molar-refractivity contribution in [3.63, 3.8) is 0 Å². The van der Waals surface area contributed by atoms with E-state index in [-0.39, 0.29) is 10.6 Å². The van der Waals surface area contributed by atoms with Crippen LogP contribution in [0.5, 0.6) is 0 Å². The molecule has 0 aliphatic heterocycles. The number of sulfonamides is 1. The van der Waals surface area contributed by atoms with Gasteiger partial charge in [0.2, 0.25) is 5.91 Å². The summed E-state index contributed by atoms with van der Waals surface area (Å²) in [5.74, 6) is -1.06. The van der Waals surface area contributed by atoms with Crippen LogP contribution >= 0.6 is 0 Å². The Labute approximate surface area is 169 Å². The number of nitrogens with one attached hydrogen (secondary N) is 1. The van der Waals surface area contributed by atoms with E-state index in [0.717, 1.165) is 9.87 Å². The van der Waals surface area contributed by atoms with Crippen LogP contribution in [0.3, 0.4) is 0 Å². The van der Waals surface area contributed by atoms with Crippen molar-refractivity contribution in [2.45, 2.75) is 18.2 Å². The lowest BCUT2D eigenvalue weighted by Crippen LogP contribution is -2.38. The monoisotopic (exact) mass is 412 g/mol. The van der Waals surface area contributed by atoms with Crippen molar-refractivity contribution < 1.29 is 17.6 Å². The van der Waals surface area contributed by atoms with Crippen LogP contribution in [0.1, 0.15) is 12.5 Å². The van der Waals surface area contributed by atoms with Crippen molar-refractivity contribution in [3.8, 4) is 0 Å². The molecule has 150 valence electrons. The number of rotatable bonds is 7. The van der Waals surface area contributed by atoms with Gasteiger partial charge in [-0.1, -0.05) is 49.4 Å². The van der Waals surface area contributed by atoms with Crippen molar-refractivity contribution in [3.05, 3.63) is 90.2 Å². The third kappa shape index (κ3) is 4.81. The lowest BCUT2D eigenvalue weighted by Gasteiger charge is -2.26. The number of hydrogen-bond acceptors (Lipinski definition) is 3. The van der Waals surface area contributed by atoms with Gasteiger partial charge in [0.25, 0.3) is 10.0 Å². The van der Waals surface area contributed by atoms with Gasteiger partial charge in [0.1, 0.15) is 12.4 Å². The van der Waals surface area contributed by atoms with E-state index in [4.69, 9.17) is 0 Å². The zero-order chi connectivity index (χ0) is 20.9. The molecule has 0 radical (unpaired) electrons. The largest absolute Gasteiger partial charge is 0.324 e. The number of benzene rings is 3. The topological polar surface area (TPSA) is 66.5 Å². The normalized spacial score (nSPS) is 11.1. The molecule has 3 rings (SSSR count). The maximum Gasteiger partial charge on any atom is 0.264 e. The van der Waals surface area contributed by atoms with Crippen molar-refractivity contribution in [1.29, 1.82) is 0 Å². The highest BCUT2D eigenvalue weighted by atomic mass is 32.2. The molecule has 0 aromatic heterocycles. The quantitative estimate of drug-likeness (QED) is 0.632. The van der Waals surface area contributed by atoms with Crippen LogP contribution < -0.4 is 9.62 Å². The summed E-state index contributed by atoms with van der Waals surface area (Å²) in [6, 6.07) is 20.5. The molecule has 0 fully saturated rings. The van der Waals surface area contributed by atoms with Crippen LogP contribution in [0.4, 0.5) is 15.8 Å². The number of anilines is 2. The zero-order valence-corrected chi connectivity index (χ0v) is 16.7. The standard InChI is InChI=1S/C22H21FN2O3S/c1-2-17-9-6-7-14-21(17)25(29(27,28)20-12-4-3-5-13-20)16-22(26)24-19-11-8-10-18(23)15-19/h3-15H,2,16H2,1H3,(H,24,26). The van der Waals surface area contributed by atoms with Gasteiger partial charge in [0.15, 0.2) is 0 Å². The first-order valence-electron chi connectivity index (χ1n) is 9.13. The highest BCUT2D eigenvalue weighted by molar-refractivity contribution is 7.92. The lowest BCUT2D eigenvalue weighted by atomic mass is 10.1. The minimum atomic E-state index is -3.98. The van der Waals surface area contributed by atoms with E-state index in [9.17, 15) is 17.6 Å². The highest BCUT2D eigenvalue weighted by Crippen LogP contribution is 2.27. The summed E-state index contributed by atoms with van der Waals surface area (Å²) in [6.07, 6.45) is 0.600. The number of aryl methyl sites for hydroxylation is 1. The van der Waals surface area contributed by atoms with Crippen LogP contribution in [0.2, 0.25) is 0 Å². The Hall–Kier alpha value is -3.19. The Morgan fingerprint density at radius 3 is 2.34 bits per heavy atom. The van der Waals surface area contributed by atoms with E-state index in [1.165, 1.54) is 36.4 Å². The predicted molar refractivity (Wildman–Crippen MR) is 112 cm³/mol. The van der Waals surface area contributed by atoms with Crippen molar-refractivity contribution in [2.75, 3.05) is 16.2 Å². The molecular weight excluding hydrogens is 391 g/mol. The Morgan fingerprint density at radius 1 is 0.966 bits per heavy atom. The fourth-order valence-corrected chi connectivity index (χ4v) is 4.45. The summed E-state index contributed by atoms with van der Waals surface area (Å²) in [4.78, 5) is 12.7. The molecule has 0 saturated heterocycles. The first kappa shape index (κ1) is 20.5. The summed E-state index contributed by atoms with van der Waals surface area (Å²) >= 11 is 0. The molecule has 5 nitrogen and oxygen atoms in total. The molecule has 1 amide bonds. The lowest BCUT2D eigenvalue weighted by molar-refractivity contribution is -0.114. The number of nitrogens with zero attached hydrogens (tertiary/aromatic N) is 1. The van der Waals surface area contributed by atoms with E-state index in [1.807, 2.05) is 19.1 Å². The van der Waals surface area contributed by atoms with Crippen LogP contribution in [-0.4, -0.2) is 20.9 Å². The summed E-state index contributed by atoms with van der Waals surface area (Å²) in [7, 11) is -3.98. The van der Waals surface area contributed by atoms with Crippen LogP contribution in [0.25, 0.3) is 0 Å². The molecule has 29 heavy (non-hydrogen) atoms. The summed E-state index contributed by atoms with van der Waals surface area (Å²) in [5, 5.41) is 2.56. The van der Waals surface area contributed by atoms with E-state index in [1.54, 1.807) is 30.3 Å². The van der Waals surface area contributed by atoms with Gasteiger partial charge >= 0.3 is 0 Å². The molecule has 0 heterocycles. The number of halogens is 1. The fraction of sp³-hybridized carbons (Fsp3) is 0.136. The minimum absolute atomic E-state index is 0.0875. The molecule has 0 aliphatic rings. The SMILES string of the molecule is CCc1ccccc1N(CC(=O)Nc1cccc(F)c1)S(=O)(=O)c1ccccc1.